The molecule has 2 heteroatoms. The number of rotatable bonds is 7. The summed E-state index contributed by atoms with van der Waals surface area (Å²) in [5.41, 5.74) is 2.92. The fraction of sp³-hybridized carbons (Fsp3) is 0.625. The fourth-order valence-electron chi connectivity index (χ4n) is 2.30. The number of benzene rings is 1. The second kappa shape index (κ2) is 5.85. The summed E-state index contributed by atoms with van der Waals surface area (Å²) < 4.78 is 0. The van der Waals surface area contributed by atoms with E-state index in [2.05, 4.69) is 43.4 Å². The molecular weight excluding hydrogens is 222 g/mol. The van der Waals surface area contributed by atoms with Gasteiger partial charge in [0.05, 0.1) is 0 Å². The lowest BCUT2D eigenvalue weighted by Gasteiger charge is -2.21. The third-order valence-electron chi connectivity index (χ3n) is 4.15. The van der Waals surface area contributed by atoms with Crippen molar-refractivity contribution in [3.05, 3.63) is 35.4 Å². The van der Waals surface area contributed by atoms with Crippen LogP contribution in [-0.2, 0) is 6.42 Å². The minimum Gasteiger partial charge on any atom is -0.396 e. The molecule has 0 saturated heterocycles. The normalized spacial score (nSPS) is 18.6. The molecule has 0 aromatic heterocycles. The Morgan fingerprint density at radius 1 is 1.28 bits per heavy atom. The largest absolute Gasteiger partial charge is 0.396 e. The second-order valence-electron chi connectivity index (χ2n) is 5.83. The highest BCUT2D eigenvalue weighted by Gasteiger charge is 2.41. The van der Waals surface area contributed by atoms with E-state index >= 15 is 0 Å². The molecule has 2 rings (SSSR count). The Kier molecular flexibility index (Phi) is 4.41. The van der Waals surface area contributed by atoms with Crippen molar-refractivity contribution in [1.29, 1.82) is 0 Å². The summed E-state index contributed by atoms with van der Waals surface area (Å²) in [6.45, 7) is 5.65. The molecule has 2 nitrogen and oxygen atoms in total. The average molecular weight is 247 g/mol. The maximum Gasteiger partial charge on any atom is 0.0499 e. The summed E-state index contributed by atoms with van der Waals surface area (Å²) in [6.07, 6.45) is 4.57. The van der Waals surface area contributed by atoms with Crippen molar-refractivity contribution in [3.63, 3.8) is 0 Å². The van der Waals surface area contributed by atoms with Gasteiger partial charge in [0.2, 0.25) is 0 Å². The summed E-state index contributed by atoms with van der Waals surface area (Å²) in [5, 5.41) is 12.9. The molecule has 0 amide bonds. The molecule has 18 heavy (non-hydrogen) atoms. The molecule has 1 aromatic rings. The van der Waals surface area contributed by atoms with Crippen LogP contribution in [0.4, 0.5) is 0 Å². The quantitative estimate of drug-likeness (QED) is 0.776. The standard InChI is InChI=1S/C16H25NO/c1-3-15(17-11-16(12-18)8-9-16)10-14-6-4-13(2)5-7-14/h4-7,15,17-18H,3,8-12H2,1-2H3. The van der Waals surface area contributed by atoms with Crippen LogP contribution in [-0.4, -0.2) is 24.3 Å². The van der Waals surface area contributed by atoms with Crippen LogP contribution < -0.4 is 5.32 Å². The van der Waals surface area contributed by atoms with Gasteiger partial charge in [0.1, 0.15) is 0 Å². The van der Waals surface area contributed by atoms with Gasteiger partial charge >= 0.3 is 0 Å². The Bertz CT molecular complexity index is 367. The molecule has 2 N–H and O–H groups in total. The molecular formula is C16H25NO. The number of aryl methyl sites for hydroxylation is 1. The van der Waals surface area contributed by atoms with Gasteiger partial charge in [-0.25, -0.2) is 0 Å². The zero-order chi connectivity index (χ0) is 13.0. The highest BCUT2D eigenvalue weighted by Crippen LogP contribution is 2.44. The van der Waals surface area contributed by atoms with Crippen molar-refractivity contribution in [2.45, 2.75) is 45.6 Å². The molecule has 1 saturated carbocycles. The number of aliphatic hydroxyl groups excluding tert-OH is 1. The highest BCUT2D eigenvalue weighted by molar-refractivity contribution is 5.22. The molecule has 0 spiro atoms. The van der Waals surface area contributed by atoms with E-state index < -0.39 is 0 Å². The SMILES string of the molecule is CCC(Cc1ccc(C)cc1)NCC1(CO)CC1. The van der Waals surface area contributed by atoms with Crippen LogP contribution in [0.3, 0.4) is 0 Å². The summed E-state index contributed by atoms with van der Waals surface area (Å²) in [6, 6.07) is 9.32. The number of nitrogens with one attached hydrogen (secondary N) is 1. The smallest absolute Gasteiger partial charge is 0.0499 e. The van der Waals surface area contributed by atoms with Gasteiger partial charge in [-0.15, -0.1) is 0 Å². The lowest BCUT2D eigenvalue weighted by Crippen LogP contribution is -2.36. The molecule has 0 heterocycles. The molecule has 0 radical (unpaired) electrons. The van der Waals surface area contributed by atoms with Gasteiger partial charge in [0.15, 0.2) is 0 Å². The van der Waals surface area contributed by atoms with Crippen LogP contribution in [0.1, 0.15) is 37.3 Å². The van der Waals surface area contributed by atoms with Crippen LogP contribution in [0.25, 0.3) is 0 Å². The van der Waals surface area contributed by atoms with Gasteiger partial charge in [0.25, 0.3) is 0 Å². The molecule has 1 atom stereocenters. The zero-order valence-corrected chi connectivity index (χ0v) is 11.6. The Morgan fingerprint density at radius 2 is 1.94 bits per heavy atom. The lowest BCUT2D eigenvalue weighted by atomic mass is 10.0. The minimum absolute atomic E-state index is 0.209. The topological polar surface area (TPSA) is 32.3 Å². The lowest BCUT2D eigenvalue weighted by molar-refractivity contribution is 0.203. The fourth-order valence-corrected chi connectivity index (χ4v) is 2.30. The summed E-state index contributed by atoms with van der Waals surface area (Å²) >= 11 is 0. The molecule has 1 unspecified atom stereocenters. The van der Waals surface area contributed by atoms with E-state index in [9.17, 15) is 5.11 Å². The first-order valence-corrected chi connectivity index (χ1v) is 7.07. The van der Waals surface area contributed by atoms with Crippen molar-refractivity contribution >= 4 is 0 Å². The second-order valence-corrected chi connectivity index (χ2v) is 5.83. The molecule has 1 aliphatic rings. The number of hydrogen-bond donors (Lipinski definition) is 2. The van der Waals surface area contributed by atoms with Gasteiger partial charge < -0.3 is 10.4 Å². The van der Waals surface area contributed by atoms with E-state index in [1.165, 1.54) is 24.0 Å². The Morgan fingerprint density at radius 3 is 2.44 bits per heavy atom. The van der Waals surface area contributed by atoms with E-state index in [1.807, 2.05) is 0 Å². The van der Waals surface area contributed by atoms with Gasteiger partial charge in [0, 0.05) is 24.6 Å². The molecule has 0 aliphatic heterocycles. The third kappa shape index (κ3) is 3.56. The van der Waals surface area contributed by atoms with Crippen LogP contribution in [0.2, 0.25) is 0 Å². The molecule has 1 aliphatic carbocycles. The average Bonchev–Trinajstić information content (AvgIpc) is 3.17. The van der Waals surface area contributed by atoms with Crippen LogP contribution in [0, 0.1) is 12.3 Å². The first-order chi connectivity index (χ1) is 8.67. The third-order valence-corrected chi connectivity index (χ3v) is 4.15. The first-order valence-electron chi connectivity index (χ1n) is 7.07. The minimum atomic E-state index is 0.209. The van der Waals surface area contributed by atoms with E-state index in [4.69, 9.17) is 0 Å². The maximum absolute atomic E-state index is 9.32. The van der Waals surface area contributed by atoms with E-state index in [-0.39, 0.29) is 5.41 Å². The Balaban J connectivity index is 1.83. The van der Waals surface area contributed by atoms with Crippen LogP contribution in [0.5, 0.6) is 0 Å². The van der Waals surface area contributed by atoms with Crippen molar-refractivity contribution in [3.8, 4) is 0 Å². The first kappa shape index (κ1) is 13.6. The molecule has 1 fully saturated rings. The van der Waals surface area contributed by atoms with Gasteiger partial charge in [-0.3, -0.25) is 0 Å². The van der Waals surface area contributed by atoms with Gasteiger partial charge in [-0.2, -0.15) is 0 Å². The predicted molar refractivity (Wildman–Crippen MR) is 75.7 cm³/mol. The van der Waals surface area contributed by atoms with Gasteiger partial charge in [-0.05, 0) is 38.2 Å². The monoisotopic (exact) mass is 247 g/mol. The van der Waals surface area contributed by atoms with E-state index in [0.29, 0.717) is 12.6 Å². The van der Waals surface area contributed by atoms with Crippen LogP contribution in [0.15, 0.2) is 24.3 Å². The van der Waals surface area contributed by atoms with E-state index in [1.54, 1.807) is 0 Å². The van der Waals surface area contributed by atoms with Crippen molar-refractivity contribution in [1.82, 2.24) is 5.32 Å². The van der Waals surface area contributed by atoms with Gasteiger partial charge in [-0.1, -0.05) is 36.8 Å². The van der Waals surface area contributed by atoms with Crippen LogP contribution >= 0.6 is 0 Å². The van der Waals surface area contributed by atoms with Crippen molar-refractivity contribution in [2.75, 3.05) is 13.2 Å². The maximum atomic E-state index is 9.32. The Hall–Kier alpha value is -0.860. The number of aliphatic hydroxyl groups is 1. The molecule has 1 aromatic carbocycles. The zero-order valence-electron chi connectivity index (χ0n) is 11.6. The van der Waals surface area contributed by atoms with Crippen molar-refractivity contribution in [2.24, 2.45) is 5.41 Å². The Labute approximate surface area is 110 Å². The highest BCUT2D eigenvalue weighted by atomic mass is 16.3. The molecule has 0 bridgehead atoms. The summed E-state index contributed by atoms with van der Waals surface area (Å²) in [5.74, 6) is 0. The summed E-state index contributed by atoms with van der Waals surface area (Å²) in [7, 11) is 0. The summed E-state index contributed by atoms with van der Waals surface area (Å²) in [4.78, 5) is 0. The number of hydrogen-bond acceptors (Lipinski definition) is 2. The predicted octanol–water partition coefficient (Wildman–Crippen LogP) is 2.68. The molecule has 100 valence electrons. The van der Waals surface area contributed by atoms with E-state index in [0.717, 1.165) is 19.4 Å². The van der Waals surface area contributed by atoms with Crippen molar-refractivity contribution < 1.29 is 5.11 Å².